The Morgan fingerprint density at radius 1 is 1.13 bits per heavy atom. The monoisotopic (exact) mass is 399 g/mol. The van der Waals surface area contributed by atoms with Crippen molar-refractivity contribution in [3.05, 3.63) is 28.2 Å². The third kappa shape index (κ3) is 7.04. The van der Waals surface area contributed by atoms with Crippen LogP contribution >= 0.6 is 46.4 Å². The maximum absolute atomic E-state index is 12.2. The number of halogens is 4. The van der Waals surface area contributed by atoms with E-state index in [0.717, 1.165) is 0 Å². The zero-order valence-electron chi connectivity index (χ0n) is 12.5. The summed E-state index contributed by atoms with van der Waals surface area (Å²) in [4.78, 5) is 22.6. The van der Waals surface area contributed by atoms with Crippen LogP contribution in [0.4, 0.5) is 5.69 Å². The van der Waals surface area contributed by atoms with Gasteiger partial charge in [-0.15, -0.1) is 0 Å². The van der Waals surface area contributed by atoms with Crippen LogP contribution in [0, 0.1) is 5.92 Å². The van der Waals surface area contributed by atoms with Crippen LogP contribution in [0.25, 0.3) is 0 Å². The van der Waals surface area contributed by atoms with Gasteiger partial charge in [-0.3, -0.25) is 20.4 Å². The molecule has 3 N–H and O–H groups in total. The van der Waals surface area contributed by atoms with E-state index >= 15 is 0 Å². The first-order valence-electron chi connectivity index (χ1n) is 6.80. The van der Waals surface area contributed by atoms with Crippen LogP contribution in [0.3, 0.4) is 0 Å². The van der Waals surface area contributed by atoms with Crippen molar-refractivity contribution in [2.24, 2.45) is 5.92 Å². The molecule has 0 aliphatic rings. The molecule has 0 fully saturated rings. The molecule has 0 spiro atoms. The number of nitrogens with one attached hydrogen (secondary N) is 3. The number of alkyl halides is 2. The van der Waals surface area contributed by atoms with Crippen LogP contribution in [-0.4, -0.2) is 22.7 Å². The molecule has 0 saturated heterocycles. The molecule has 5 nitrogen and oxygen atoms in total. The van der Waals surface area contributed by atoms with Gasteiger partial charge in [-0.1, -0.05) is 60.3 Å². The minimum Gasteiger partial charge on any atom is -0.342 e. The lowest BCUT2D eigenvalue weighted by Gasteiger charge is -2.21. The van der Waals surface area contributed by atoms with Crippen LogP contribution in [0.2, 0.25) is 10.0 Å². The number of anilines is 1. The highest BCUT2D eigenvalue weighted by Gasteiger charge is 2.24. The maximum Gasteiger partial charge on any atom is 0.260 e. The van der Waals surface area contributed by atoms with E-state index in [0.29, 0.717) is 22.2 Å². The molecule has 0 saturated carbocycles. The lowest BCUT2D eigenvalue weighted by Crippen LogP contribution is -2.50. The summed E-state index contributed by atoms with van der Waals surface area (Å²) in [7, 11) is 0. The number of amides is 2. The second-order valence-corrected chi connectivity index (χ2v) is 7.17. The Morgan fingerprint density at radius 2 is 1.78 bits per heavy atom. The van der Waals surface area contributed by atoms with E-state index in [-0.39, 0.29) is 5.92 Å². The number of hydrogen-bond acceptors (Lipinski definition) is 3. The molecule has 0 aromatic heterocycles. The fourth-order valence-electron chi connectivity index (χ4n) is 1.74. The molecule has 1 aromatic rings. The first kappa shape index (κ1) is 20.2. The quantitative estimate of drug-likeness (QED) is 0.481. The second kappa shape index (κ2) is 9.42. The van der Waals surface area contributed by atoms with Crippen molar-refractivity contribution in [1.82, 2.24) is 10.7 Å². The van der Waals surface area contributed by atoms with Crippen molar-refractivity contribution in [3.63, 3.8) is 0 Å². The predicted octanol–water partition coefficient (Wildman–Crippen LogP) is 3.77. The molecule has 1 atom stereocenters. The van der Waals surface area contributed by atoms with Crippen molar-refractivity contribution in [3.8, 4) is 0 Å². The number of carbonyl (C=O) groups excluding carboxylic acids is 2. The van der Waals surface area contributed by atoms with Crippen LogP contribution in [0.1, 0.15) is 20.3 Å². The van der Waals surface area contributed by atoms with Gasteiger partial charge in [0.15, 0.2) is 4.84 Å². The molecule has 23 heavy (non-hydrogen) atoms. The number of carbonyl (C=O) groups is 2. The van der Waals surface area contributed by atoms with E-state index in [1.165, 1.54) is 6.07 Å². The molecule has 1 rings (SSSR count). The van der Waals surface area contributed by atoms with Gasteiger partial charge in [0.05, 0.1) is 10.7 Å². The van der Waals surface area contributed by atoms with Crippen LogP contribution in [-0.2, 0) is 9.59 Å². The Hall–Kier alpha value is -0.880. The van der Waals surface area contributed by atoms with Crippen LogP contribution in [0.15, 0.2) is 18.2 Å². The largest absolute Gasteiger partial charge is 0.342 e. The summed E-state index contributed by atoms with van der Waals surface area (Å²) < 4.78 is 0. The zero-order chi connectivity index (χ0) is 17.6. The van der Waals surface area contributed by atoms with Crippen molar-refractivity contribution < 1.29 is 9.59 Å². The van der Waals surface area contributed by atoms with E-state index in [1.54, 1.807) is 12.1 Å². The summed E-state index contributed by atoms with van der Waals surface area (Å²) >= 11 is 22.8. The Bertz CT molecular complexity index is 567. The molecule has 0 heterocycles. The summed E-state index contributed by atoms with van der Waals surface area (Å²) in [5.41, 5.74) is 5.66. The topological polar surface area (TPSA) is 70.2 Å². The SMILES string of the molecule is CC(C)CC(NC(=O)C(Cl)Cl)C(=O)NNc1ccc(Cl)cc1Cl. The Labute approximate surface area is 155 Å². The summed E-state index contributed by atoms with van der Waals surface area (Å²) in [6.07, 6.45) is 0.425. The van der Waals surface area contributed by atoms with Crippen molar-refractivity contribution >= 4 is 63.9 Å². The Balaban J connectivity index is 2.70. The van der Waals surface area contributed by atoms with E-state index in [4.69, 9.17) is 46.4 Å². The van der Waals surface area contributed by atoms with Crippen molar-refractivity contribution in [1.29, 1.82) is 0 Å². The highest BCUT2D eigenvalue weighted by atomic mass is 35.5. The molecule has 0 bridgehead atoms. The van der Waals surface area contributed by atoms with Crippen molar-refractivity contribution in [2.75, 3.05) is 5.43 Å². The van der Waals surface area contributed by atoms with Gasteiger partial charge in [-0.2, -0.15) is 0 Å². The molecule has 128 valence electrons. The van der Waals surface area contributed by atoms with Gasteiger partial charge in [0, 0.05) is 5.02 Å². The highest BCUT2D eigenvalue weighted by Crippen LogP contribution is 2.24. The number of hydrazine groups is 1. The standard InChI is InChI=1S/C14H17Cl4N3O2/c1-7(2)5-11(19-14(23)12(17)18)13(22)21-20-10-4-3-8(15)6-9(10)16/h3-4,6-7,11-12,20H,5H2,1-2H3,(H,19,23)(H,21,22). The average molecular weight is 401 g/mol. The normalized spacial score (nSPS) is 12.2. The molecule has 1 aromatic carbocycles. The third-order valence-electron chi connectivity index (χ3n) is 2.79. The lowest BCUT2D eigenvalue weighted by molar-refractivity contribution is -0.128. The minimum atomic E-state index is -1.24. The van der Waals surface area contributed by atoms with Gasteiger partial charge >= 0.3 is 0 Å². The highest BCUT2D eigenvalue weighted by molar-refractivity contribution is 6.53. The van der Waals surface area contributed by atoms with Crippen LogP contribution in [0.5, 0.6) is 0 Å². The summed E-state index contributed by atoms with van der Waals surface area (Å²) in [5, 5.41) is 3.33. The fourth-order valence-corrected chi connectivity index (χ4v) is 2.33. The zero-order valence-corrected chi connectivity index (χ0v) is 15.5. The molecular formula is C14H17Cl4N3O2. The smallest absolute Gasteiger partial charge is 0.260 e. The first-order valence-corrected chi connectivity index (χ1v) is 8.43. The molecular weight excluding hydrogens is 384 g/mol. The molecule has 0 aliphatic carbocycles. The van der Waals surface area contributed by atoms with Crippen molar-refractivity contribution in [2.45, 2.75) is 31.1 Å². The number of hydrogen-bond donors (Lipinski definition) is 3. The minimum absolute atomic E-state index is 0.175. The number of rotatable bonds is 7. The van der Waals surface area contributed by atoms with Gasteiger partial charge in [0.25, 0.3) is 11.8 Å². The van der Waals surface area contributed by atoms with E-state index in [1.807, 2.05) is 13.8 Å². The Morgan fingerprint density at radius 3 is 2.30 bits per heavy atom. The fraction of sp³-hybridized carbons (Fsp3) is 0.429. The average Bonchev–Trinajstić information content (AvgIpc) is 2.44. The maximum atomic E-state index is 12.2. The summed E-state index contributed by atoms with van der Waals surface area (Å²) in [5.74, 6) is -0.889. The van der Waals surface area contributed by atoms with E-state index in [2.05, 4.69) is 16.2 Å². The molecule has 1 unspecified atom stereocenters. The molecule has 2 amide bonds. The Kier molecular flexibility index (Phi) is 8.26. The first-order chi connectivity index (χ1) is 10.7. The second-order valence-electron chi connectivity index (χ2n) is 5.23. The van der Waals surface area contributed by atoms with Gasteiger partial charge in [0.2, 0.25) is 0 Å². The lowest BCUT2D eigenvalue weighted by atomic mass is 10.0. The molecule has 0 radical (unpaired) electrons. The summed E-state index contributed by atoms with van der Waals surface area (Å²) in [6.45, 7) is 3.85. The predicted molar refractivity (Wildman–Crippen MR) is 95.1 cm³/mol. The molecule has 9 heteroatoms. The van der Waals surface area contributed by atoms with Gasteiger partial charge < -0.3 is 5.32 Å². The van der Waals surface area contributed by atoms with E-state index in [9.17, 15) is 9.59 Å². The van der Waals surface area contributed by atoms with Crippen LogP contribution < -0.4 is 16.2 Å². The van der Waals surface area contributed by atoms with Gasteiger partial charge in [0.1, 0.15) is 6.04 Å². The third-order valence-corrected chi connectivity index (χ3v) is 3.73. The van der Waals surface area contributed by atoms with E-state index < -0.39 is 22.7 Å². The summed E-state index contributed by atoms with van der Waals surface area (Å²) in [6, 6.07) is 4.01. The van der Waals surface area contributed by atoms with Gasteiger partial charge in [-0.05, 0) is 30.5 Å². The van der Waals surface area contributed by atoms with Gasteiger partial charge in [-0.25, -0.2) is 0 Å². The number of benzene rings is 1. The molecule has 0 aliphatic heterocycles.